The van der Waals surface area contributed by atoms with E-state index in [9.17, 15) is 0 Å². The molecule has 0 N–H and O–H groups in total. The van der Waals surface area contributed by atoms with E-state index in [2.05, 4.69) is 33.1 Å². The fourth-order valence-electron chi connectivity index (χ4n) is 3.07. The molecule has 1 heterocycles. The molecule has 21 heavy (non-hydrogen) atoms. The van der Waals surface area contributed by atoms with Gasteiger partial charge in [0.15, 0.2) is 0 Å². The lowest BCUT2D eigenvalue weighted by molar-refractivity contribution is 0.988. The minimum absolute atomic E-state index is 0.763. The molecule has 1 aliphatic carbocycles. The maximum Gasteiger partial charge on any atom is 0.113 e. The molecule has 0 saturated heterocycles. The summed E-state index contributed by atoms with van der Waals surface area (Å²) in [7, 11) is 5.98. The second-order valence-electron chi connectivity index (χ2n) is 5.50. The van der Waals surface area contributed by atoms with Gasteiger partial charge in [-0.15, -0.1) is 0 Å². The molecule has 1 aromatic heterocycles. The summed E-state index contributed by atoms with van der Waals surface area (Å²) in [6, 6.07) is 6.08. The molecule has 0 bridgehead atoms. The lowest BCUT2D eigenvalue weighted by Gasteiger charge is -2.18. The molecule has 3 aromatic rings. The van der Waals surface area contributed by atoms with Gasteiger partial charge in [0.2, 0.25) is 0 Å². The highest BCUT2D eigenvalue weighted by Gasteiger charge is 2.18. The maximum absolute atomic E-state index is 5.98. The highest BCUT2D eigenvalue weighted by molar-refractivity contribution is 9.11. The third-order valence-corrected chi connectivity index (χ3v) is 4.64. The summed E-state index contributed by atoms with van der Waals surface area (Å²) in [5.41, 5.74) is 6.14. The molecule has 0 saturated carbocycles. The zero-order valence-electron chi connectivity index (χ0n) is 11.7. The van der Waals surface area contributed by atoms with Crippen molar-refractivity contribution in [3.8, 4) is 0 Å². The zero-order valence-corrected chi connectivity index (χ0v) is 13.2. The van der Waals surface area contributed by atoms with Crippen LogP contribution in [0.2, 0.25) is 0 Å². The topological polar surface area (TPSA) is 25.8 Å². The summed E-state index contributed by atoms with van der Waals surface area (Å²) in [5.74, 6) is 0. The van der Waals surface area contributed by atoms with Gasteiger partial charge in [-0.25, -0.2) is 4.98 Å². The number of hydrogen-bond acceptors (Lipinski definition) is 2. The number of fused-ring (bicyclic) bond motifs is 6. The molecule has 4 rings (SSSR count). The standard InChI is InChI=1S/C17H12BBrN2/c1-9-8-20-16-14-6-10(18)2-4-12(14)13-5-3-11(19)7-15(13)17(16)21-9/h2,4,6-8H,3,5H2,1H3. The molecule has 0 amide bonds. The van der Waals surface area contributed by atoms with E-state index < -0.39 is 0 Å². The Kier molecular flexibility index (Phi) is 2.89. The Morgan fingerprint density at radius 3 is 2.86 bits per heavy atom. The third-order valence-electron chi connectivity index (χ3n) is 4.01. The van der Waals surface area contributed by atoms with E-state index in [-0.39, 0.29) is 0 Å². The average molecular weight is 335 g/mol. The van der Waals surface area contributed by atoms with Crippen molar-refractivity contribution in [1.29, 1.82) is 0 Å². The first-order valence-electron chi connectivity index (χ1n) is 6.97. The van der Waals surface area contributed by atoms with Crippen molar-refractivity contribution in [1.82, 2.24) is 9.97 Å². The molecule has 4 heteroatoms. The SMILES string of the molecule is [B]c1ccc2c3c(c4nc(C)cnc4c2c1)C=C(Br)CC3. The number of allylic oxidation sites excluding steroid dienone is 1. The Hall–Kier alpha value is -1.68. The van der Waals surface area contributed by atoms with Gasteiger partial charge in [-0.1, -0.05) is 39.6 Å². The van der Waals surface area contributed by atoms with E-state index in [0.29, 0.717) is 0 Å². The van der Waals surface area contributed by atoms with Gasteiger partial charge < -0.3 is 0 Å². The molecule has 1 aliphatic rings. The quantitative estimate of drug-likeness (QED) is 0.464. The van der Waals surface area contributed by atoms with Crippen LogP contribution in [-0.4, -0.2) is 17.8 Å². The monoisotopic (exact) mass is 334 g/mol. The molecule has 0 spiro atoms. The smallest absolute Gasteiger partial charge is 0.113 e. The molecular weight excluding hydrogens is 323 g/mol. The van der Waals surface area contributed by atoms with Crippen LogP contribution in [0.15, 0.2) is 28.9 Å². The second kappa shape index (κ2) is 4.67. The van der Waals surface area contributed by atoms with Crippen LogP contribution in [0.3, 0.4) is 0 Å². The van der Waals surface area contributed by atoms with Gasteiger partial charge in [-0.3, -0.25) is 4.98 Å². The number of aromatic nitrogens is 2. The summed E-state index contributed by atoms with van der Waals surface area (Å²) in [5, 5.41) is 2.34. The minimum atomic E-state index is 0.763. The molecule has 2 radical (unpaired) electrons. The van der Waals surface area contributed by atoms with E-state index in [4.69, 9.17) is 12.8 Å². The minimum Gasteiger partial charge on any atom is -0.252 e. The number of aryl methyl sites for hydroxylation is 2. The van der Waals surface area contributed by atoms with Crippen LogP contribution >= 0.6 is 15.9 Å². The van der Waals surface area contributed by atoms with Crippen molar-refractivity contribution >= 4 is 57.1 Å². The van der Waals surface area contributed by atoms with Gasteiger partial charge >= 0.3 is 0 Å². The van der Waals surface area contributed by atoms with Gasteiger partial charge in [0, 0.05) is 17.1 Å². The lowest BCUT2D eigenvalue weighted by Crippen LogP contribution is -2.06. The van der Waals surface area contributed by atoms with E-state index in [1.54, 1.807) is 0 Å². The second-order valence-corrected chi connectivity index (χ2v) is 6.52. The fraction of sp³-hybridized carbons (Fsp3) is 0.176. The Balaban J connectivity index is 2.28. The van der Waals surface area contributed by atoms with Crippen LogP contribution in [0.4, 0.5) is 0 Å². The first-order valence-corrected chi connectivity index (χ1v) is 7.76. The molecular formula is C17H12BBrN2. The van der Waals surface area contributed by atoms with Crippen LogP contribution in [0.5, 0.6) is 0 Å². The van der Waals surface area contributed by atoms with E-state index in [0.717, 1.165) is 40.4 Å². The van der Waals surface area contributed by atoms with Gasteiger partial charge in [-0.2, -0.15) is 0 Å². The van der Waals surface area contributed by atoms with Crippen LogP contribution in [-0.2, 0) is 6.42 Å². The van der Waals surface area contributed by atoms with Gasteiger partial charge in [0.05, 0.1) is 16.7 Å². The number of rotatable bonds is 0. The van der Waals surface area contributed by atoms with Crippen LogP contribution in [0, 0.1) is 6.92 Å². The summed E-state index contributed by atoms with van der Waals surface area (Å²) >= 11 is 3.63. The number of hydrogen-bond donors (Lipinski definition) is 0. The first kappa shape index (κ1) is 13.0. The van der Waals surface area contributed by atoms with Crippen molar-refractivity contribution in [2.75, 3.05) is 0 Å². The van der Waals surface area contributed by atoms with Crippen molar-refractivity contribution < 1.29 is 0 Å². The van der Waals surface area contributed by atoms with E-state index >= 15 is 0 Å². The van der Waals surface area contributed by atoms with Crippen LogP contribution in [0.1, 0.15) is 23.2 Å². The molecule has 0 fully saturated rings. The summed E-state index contributed by atoms with van der Waals surface area (Å²) in [6.45, 7) is 1.98. The van der Waals surface area contributed by atoms with Crippen molar-refractivity contribution in [3.05, 3.63) is 45.7 Å². The van der Waals surface area contributed by atoms with Crippen LogP contribution in [0.25, 0.3) is 27.9 Å². The van der Waals surface area contributed by atoms with Gasteiger partial charge in [0.25, 0.3) is 0 Å². The first-order chi connectivity index (χ1) is 10.1. The summed E-state index contributed by atoms with van der Waals surface area (Å²) in [4.78, 5) is 9.35. The molecule has 0 aliphatic heterocycles. The highest BCUT2D eigenvalue weighted by atomic mass is 79.9. The van der Waals surface area contributed by atoms with Crippen molar-refractivity contribution in [3.63, 3.8) is 0 Å². The van der Waals surface area contributed by atoms with Gasteiger partial charge in [0.1, 0.15) is 7.85 Å². The molecule has 0 atom stereocenters. The summed E-state index contributed by atoms with van der Waals surface area (Å²) < 4.78 is 1.22. The normalized spacial score (nSPS) is 14.3. The van der Waals surface area contributed by atoms with E-state index in [1.165, 1.54) is 21.0 Å². The van der Waals surface area contributed by atoms with Crippen molar-refractivity contribution in [2.24, 2.45) is 0 Å². The third kappa shape index (κ3) is 2.01. The highest BCUT2D eigenvalue weighted by Crippen LogP contribution is 2.37. The Bertz CT molecular complexity index is 931. The zero-order chi connectivity index (χ0) is 14.6. The Morgan fingerprint density at radius 2 is 2.00 bits per heavy atom. The Labute approximate surface area is 132 Å². The predicted octanol–water partition coefficient (Wildman–Crippen LogP) is 3.57. The van der Waals surface area contributed by atoms with Crippen LogP contribution < -0.4 is 5.46 Å². The Morgan fingerprint density at radius 1 is 1.14 bits per heavy atom. The fourth-order valence-corrected chi connectivity index (χ4v) is 3.50. The number of benzene rings is 2. The molecule has 100 valence electrons. The van der Waals surface area contributed by atoms with Gasteiger partial charge in [-0.05, 0) is 41.3 Å². The average Bonchev–Trinajstić information content (AvgIpc) is 2.47. The number of nitrogens with zero attached hydrogens (tertiary/aromatic N) is 2. The predicted molar refractivity (Wildman–Crippen MR) is 92.4 cm³/mol. The largest absolute Gasteiger partial charge is 0.252 e. The molecule has 0 unspecified atom stereocenters. The molecule has 2 aromatic carbocycles. The maximum atomic E-state index is 5.98. The number of halogens is 1. The van der Waals surface area contributed by atoms with Crippen molar-refractivity contribution in [2.45, 2.75) is 19.8 Å². The summed E-state index contributed by atoms with van der Waals surface area (Å²) in [6.07, 6.45) is 6.04. The molecule has 2 nitrogen and oxygen atoms in total. The lowest BCUT2D eigenvalue weighted by atomic mass is 9.86. The van der Waals surface area contributed by atoms with E-state index in [1.807, 2.05) is 25.3 Å².